The zero-order valence-corrected chi connectivity index (χ0v) is 14.0. The van der Waals surface area contributed by atoms with Crippen LogP contribution in [0, 0.1) is 11.7 Å². The van der Waals surface area contributed by atoms with Crippen LogP contribution in [0.5, 0.6) is 5.75 Å². The number of benzene rings is 2. The van der Waals surface area contributed by atoms with E-state index in [2.05, 4.69) is 5.32 Å². The van der Waals surface area contributed by atoms with Crippen molar-refractivity contribution >= 4 is 29.1 Å². The van der Waals surface area contributed by atoms with Gasteiger partial charge in [-0.3, -0.25) is 9.59 Å². The SMILES string of the molecule is O=C(Nc1cccc(Cl)c1)C1CN(C(=O)COc2ccccc2F)C1. The van der Waals surface area contributed by atoms with E-state index < -0.39 is 5.82 Å². The molecule has 1 aliphatic heterocycles. The summed E-state index contributed by atoms with van der Waals surface area (Å²) < 4.78 is 18.6. The van der Waals surface area contributed by atoms with E-state index >= 15 is 0 Å². The molecule has 130 valence electrons. The lowest BCUT2D eigenvalue weighted by Gasteiger charge is -2.38. The van der Waals surface area contributed by atoms with Gasteiger partial charge in [0.25, 0.3) is 5.91 Å². The molecule has 1 heterocycles. The summed E-state index contributed by atoms with van der Waals surface area (Å²) in [6.45, 7) is 0.362. The Morgan fingerprint density at radius 2 is 1.96 bits per heavy atom. The van der Waals surface area contributed by atoms with Crippen molar-refractivity contribution in [1.29, 1.82) is 0 Å². The molecule has 0 spiro atoms. The van der Waals surface area contributed by atoms with Crippen LogP contribution in [0.3, 0.4) is 0 Å². The molecule has 0 saturated carbocycles. The monoisotopic (exact) mass is 362 g/mol. The van der Waals surface area contributed by atoms with Gasteiger partial charge in [0.15, 0.2) is 18.2 Å². The van der Waals surface area contributed by atoms with Crippen LogP contribution in [0.25, 0.3) is 0 Å². The first-order valence-electron chi connectivity index (χ1n) is 7.74. The average molecular weight is 363 g/mol. The zero-order chi connectivity index (χ0) is 17.8. The van der Waals surface area contributed by atoms with Crippen molar-refractivity contribution < 1.29 is 18.7 Å². The summed E-state index contributed by atoms with van der Waals surface area (Å²) >= 11 is 5.87. The molecule has 0 bridgehead atoms. The summed E-state index contributed by atoms with van der Waals surface area (Å²) in [7, 11) is 0. The largest absolute Gasteiger partial charge is 0.481 e. The second-order valence-corrected chi connectivity index (χ2v) is 6.15. The second-order valence-electron chi connectivity index (χ2n) is 5.71. The van der Waals surface area contributed by atoms with Crippen molar-refractivity contribution in [2.75, 3.05) is 25.0 Å². The molecular formula is C18H16ClFN2O3. The zero-order valence-electron chi connectivity index (χ0n) is 13.2. The summed E-state index contributed by atoms with van der Waals surface area (Å²) in [5.41, 5.74) is 0.616. The molecule has 3 rings (SSSR count). The average Bonchev–Trinajstić information content (AvgIpc) is 2.52. The molecule has 2 amide bonds. The van der Waals surface area contributed by atoms with E-state index in [0.29, 0.717) is 23.8 Å². The number of nitrogens with zero attached hydrogens (tertiary/aromatic N) is 1. The molecule has 0 radical (unpaired) electrons. The minimum atomic E-state index is -0.516. The predicted octanol–water partition coefficient (Wildman–Crippen LogP) is 2.96. The first-order chi connectivity index (χ1) is 12.0. The lowest BCUT2D eigenvalue weighted by molar-refractivity contribution is -0.143. The van der Waals surface area contributed by atoms with Gasteiger partial charge in [-0.05, 0) is 30.3 Å². The molecule has 1 aliphatic rings. The number of ether oxygens (including phenoxy) is 1. The topological polar surface area (TPSA) is 58.6 Å². The van der Waals surface area contributed by atoms with Crippen molar-refractivity contribution in [3.8, 4) is 5.75 Å². The highest BCUT2D eigenvalue weighted by atomic mass is 35.5. The number of anilines is 1. The van der Waals surface area contributed by atoms with E-state index in [-0.39, 0.29) is 30.1 Å². The van der Waals surface area contributed by atoms with Gasteiger partial charge in [0.05, 0.1) is 5.92 Å². The Morgan fingerprint density at radius 3 is 2.68 bits per heavy atom. The van der Waals surface area contributed by atoms with Gasteiger partial charge >= 0.3 is 0 Å². The molecule has 0 atom stereocenters. The van der Waals surface area contributed by atoms with Gasteiger partial charge in [0, 0.05) is 23.8 Å². The maximum absolute atomic E-state index is 13.4. The lowest BCUT2D eigenvalue weighted by atomic mass is 9.99. The maximum Gasteiger partial charge on any atom is 0.260 e. The molecule has 0 unspecified atom stereocenters. The number of halogens is 2. The van der Waals surface area contributed by atoms with Crippen molar-refractivity contribution in [3.63, 3.8) is 0 Å². The molecule has 2 aromatic rings. The summed E-state index contributed by atoms with van der Waals surface area (Å²) in [6, 6.07) is 12.8. The summed E-state index contributed by atoms with van der Waals surface area (Å²) in [5, 5.41) is 3.30. The third-order valence-electron chi connectivity index (χ3n) is 3.88. The van der Waals surface area contributed by atoms with Gasteiger partial charge < -0.3 is 15.0 Å². The molecule has 2 aromatic carbocycles. The molecular weight excluding hydrogens is 347 g/mol. The molecule has 1 N–H and O–H groups in total. The predicted molar refractivity (Wildman–Crippen MR) is 92.0 cm³/mol. The number of likely N-dealkylation sites (tertiary alicyclic amines) is 1. The molecule has 0 aromatic heterocycles. The van der Waals surface area contributed by atoms with Crippen LogP contribution in [0.2, 0.25) is 5.02 Å². The van der Waals surface area contributed by atoms with Crippen molar-refractivity contribution in [2.24, 2.45) is 5.92 Å². The number of carbonyl (C=O) groups excluding carboxylic acids is 2. The third kappa shape index (κ3) is 4.28. The molecule has 7 heteroatoms. The minimum absolute atomic E-state index is 0.0339. The number of nitrogens with one attached hydrogen (secondary N) is 1. The van der Waals surface area contributed by atoms with Crippen molar-refractivity contribution in [3.05, 3.63) is 59.4 Å². The van der Waals surface area contributed by atoms with Gasteiger partial charge in [-0.2, -0.15) is 0 Å². The fourth-order valence-electron chi connectivity index (χ4n) is 2.45. The minimum Gasteiger partial charge on any atom is -0.481 e. The fourth-order valence-corrected chi connectivity index (χ4v) is 2.64. The van der Waals surface area contributed by atoms with Gasteiger partial charge in [-0.15, -0.1) is 0 Å². The van der Waals surface area contributed by atoms with Crippen LogP contribution in [-0.4, -0.2) is 36.4 Å². The summed E-state index contributed by atoms with van der Waals surface area (Å²) in [4.78, 5) is 25.6. The molecule has 25 heavy (non-hydrogen) atoms. The van der Waals surface area contributed by atoms with Crippen LogP contribution in [0.4, 0.5) is 10.1 Å². The van der Waals surface area contributed by atoms with E-state index in [0.717, 1.165) is 0 Å². The Labute approximate surface area is 149 Å². The molecule has 1 saturated heterocycles. The van der Waals surface area contributed by atoms with E-state index in [1.165, 1.54) is 17.0 Å². The van der Waals surface area contributed by atoms with Crippen LogP contribution in [0.15, 0.2) is 48.5 Å². The molecule has 5 nitrogen and oxygen atoms in total. The lowest BCUT2D eigenvalue weighted by Crippen LogP contribution is -2.55. The Hall–Kier alpha value is -2.60. The maximum atomic E-state index is 13.4. The van der Waals surface area contributed by atoms with Crippen LogP contribution < -0.4 is 10.1 Å². The number of para-hydroxylation sites is 1. The van der Waals surface area contributed by atoms with Crippen molar-refractivity contribution in [2.45, 2.75) is 0 Å². The van der Waals surface area contributed by atoms with Gasteiger partial charge in [0.1, 0.15) is 0 Å². The fraction of sp³-hybridized carbons (Fsp3) is 0.222. The highest BCUT2D eigenvalue weighted by Gasteiger charge is 2.35. The van der Waals surface area contributed by atoms with E-state index in [4.69, 9.17) is 16.3 Å². The Kier molecular flexibility index (Phi) is 5.19. The van der Waals surface area contributed by atoms with Gasteiger partial charge in [0.2, 0.25) is 5.91 Å². The first kappa shape index (κ1) is 17.2. The Morgan fingerprint density at radius 1 is 1.20 bits per heavy atom. The number of amides is 2. The van der Waals surface area contributed by atoms with Gasteiger partial charge in [-0.25, -0.2) is 4.39 Å². The smallest absolute Gasteiger partial charge is 0.260 e. The third-order valence-corrected chi connectivity index (χ3v) is 4.12. The quantitative estimate of drug-likeness (QED) is 0.889. The second kappa shape index (κ2) is 7.53. The van der Waals surface area contributed by atoms with E-state index in [9.17, 15) is 14.0 Å². The normalized spacial score (nSPS) is 13.9. The summed E-state index contributed by atoms with van der Waals surface area (Å²) in [6.07, 6.45) is 0. The van der Waals surface area contributed by atoms with E-state index in [1.807, 2.05) is 0 Å². The standard InChI is InChI=1S/C18H16ClFN2O3/c19-13-4-3-5-14(8-13)21-18(24)12-9-22(10-12)17(23)11-25-16-7-2-1-6-15(16)20/h1-8,12H,9-11H2,(H,21,24). The van der Waals surface area contributed by atoms with Crippen LogP contribution in [-0.2, 0) is 9.59 Å². The number of hydrogen-bond donors (Lipinski definition) is 1. The van der Waals surface area contributed by atoms with Crippen molar-refractivity contribution in [1.82, 2.24) is 4.90 Å². The Balaban J connectivity index is 1.44. The van der Waals surface area contributed by atoms with Gasteiger partial charge in [-0.1, -0.05) is 29.8 Å². The molecule has 1 fully saturated rings. The van der Waals surface area contributed by atoms with Crippen LogP contribution in [0.1, 0.15) is 0 Å². The Bertz CT molecular complexity index is 793. The number of rotatable bonds is 5. The highest BCUT2D eigenvalue weighted by Crippen LogP contribution is 2.21. The summed E-state index contributed by atoms with van der Waals surface area (Å²) in [5.74, 6) is -1.21. The first-order valence-corrected chi connectivity index (χ1v) is 8.12. The van der Waals surface area contributed by atoms with Crippen LogP contribution >= 0.6 is 11.6 Å². The number of carbonyl (C=O) groups is 2. The highest BCUT2D eigenvalue weighted by molar-refractivity contribution is 6.30. The van der Waals surface area contributed by atoms with E-state index in [1.54, 1.807) is 36.4 Å². The molecule has 0 aliphatic carbocycles. The number of hydrogen-bond acceptors (Lipinski definition) is 3.